The minimum atomic E-state index is -3.96. The summed E-state index contributed by atoms with van der Waals surface area (Å²) in [4.78, 5) is 41.7. The van der Waals surface area contributed by atoms with E-state index in [1.807, 2.05) is 0 Å². The number of amides is 2. The van der Waals surface area contributed by atoms with E-state index in [0.29, 0.717) is 19.5 Å². The Labute approximate surface area is 201 Å². The van der Waals surface area contributed by atoms with Crippen molar-refractivity contribution >= 4 is 27.4 Å². The zero-order chi connectivity index (χ0) is 24.7. The van der Waals surface area contributed by atoms with Gasteiger partial charge in [0.05, 0.1) is 15.4 Å². The fourth-order valence-electron chi connectivity index (χ4n) is 4.53. The van der Waals surface area contributed by atoms with Crippen LogP contribution in [0.3, 0.4) is 0 Å². The average Bonchev–Trinajstić information content (AvgIpc) is 3.13. The molecule has 0 aromatic heterocycles. The summed E-state index contributed by atoms with van der Waals surface area (Å²) in [5.41, 5.74) is 0.287. The molecule has 0 N–H and O–H groups in total. The van der Waals surface area contributed by atoms with Crippen molar-refractivity contribution in [2.24, 2.45) is 0 Å². The Kier molecular flexibility index (Phi) is 5.72. The van der Waals surface area contributed by atoms with E-state index in [1.54, 1.807) is 23.1 Å². The van der Waals surface area contributed by atoms with E-state index in [4.69, 9.17) is 0 Å². The van der Waals surface area contributed by atoms with E-state index in [0.717, 1.165) is 0 Å². The lowest BCUT2D eigenvalue weighted by atomic mass is 10.0. The van der Waals surface area contributed by atoms with Crippen molar-refractivity contribution < 1.29 is 27.2 Å². The van der Waals surface area contributed by atoms with Crippen LogP contribution < -0.4 is 0 Å². The molecule has 178 valence electrons. The highest BCUT2D eigenvalue weighted by molar-refractivity contribution is 7.91. The summed E-state index contributed by atoms with van der Waals surface area (Å²) >= 11 is 0. The first kappa shape index (κ1) is 22.9. The summed E-state index contributed by atoms with van der Waals surface area (Å²) in [6, 6.07) is 15.9. The summed E-state index contributed by atoms with van der Waals surface area (Å²) in [5, 5.41) is 0. The molecule has 5 rings (SSSR count). The van der Waals surface area contributed by atoms with Crippen LogP contribution in [-0.4, -0.2) is 62.0 Å². The van der Waals surface area contributed by atoms with Gasteiger partial charge in [-0.15, -0.1) is 0 Å². The molecule has 3 aromatic carbocycles. The molecule has 0 aliphatic carbocycles. The number of benzene rings is 3. The Morgan fingerprint density at radius 1 is 0.743 bits per heavy atom. The normalized spacial score (nSPS) is 16.8. The number of halogens is 1. The van der Waals surface area contributed by atoms with Gasteiger partial charge in [-0.3, -0.25) is 14.4 Å². The second-order valence-electron chi connectivity index (χ2n) is 8.46. The van der Waals surface area contributed by atoms with Crippen molar-refractivity contribution in [3.05, 3.63) is 94.8 Å². The van der Waals surface area contributed by atoms with Crippen molar-refractivity contribution in [1.82, 2.24) is 9.80 Å². The Morgan fingerprint density at radius 3 is 2.11 bits per heavy atom. The fraction of sp³-hybridized carbons (Fsp3) is 0.192. The summed E-state index contributed by atoms with van der Waals surface area (Å²) in [7, 11) is -3.96. The van der Waals surface area contributed by atoms with Gasteiger partial charge >= 0.3 is 0 Å². The van der Waals surface area contributed by atoms with Crippen LogP contribution in [0.2, 0.25) is 0 Å². The van der Waals surface area contributed by atoms with Crippen LogP contribution in [0.25, 0.3) is 0 Å². The van der Waals surface area contributed by atoms with Gasteiger partial charge < -0.3 is 9.80 Å². The van der Waals surface area contributed by atoms with Crippen LogP contribution in [0, 0.1) is 5.82 Å². The number of ketones is 1. The minimum absolute atomic E-state index is 0.0166. The molecule has 35 heavy (non-hydrogen) atoms. The number of carbonyl (C=O) groups is 3. The second-order valence-corrected chi connectivity index (χ2v) is 10.3. The molecule has 1 fully saturated rings. The van der Waals surface area contributed by atoms with Crippen LogP contribution >= 0.6 is 0 Å². The molecule has 2 aliphatic heterocycles. The first-order valence-corrected chi connectivity index (χ1v) is 12.6. The van der Waals surface area contributed by atoms with Gasteiger partial charge in [0.15, 0.2) is 5.78 Å². The predicted octanol–water partition coefficient (Wildman–Crippen LogP) is 3.19. The Balaban J connectivity index is 1.38. The summed E-state index contributed by atoms with van der Waals surface area (Å²) in [6.45, 7) is 1.14. The van der Waals surface area contributed by atoms with Gasteiger partial charge in [-0.05, 0) is 48.9 Å². The van der Waals surface area contributed by atoms with E-state index >= 15 is 0 Å². The van der Waals surface area contributed by atoms with Crippen LogP contribution in [-0.2, 0) is 9.84 Å². The maximum atomic E-state index is 14.1. The molecule has 0 unspecified atom stereocenters. The molecular formula is C26H21FN2O5S. The van der Waals surface area contributed by atoms with Crippen LogP contribution in [0.5, 0.6) is 0 Å². The van der Waals surface area contributed by atoms with Crippen LogP contribution in [0.1, 0.15) is 43.1 Å². The smallest absolute Gasteiger partial charge is 0.256 e. The third-order valence-electron chi connectivity index (χ3n) is 6.36. The van der Waals surface area contributed by atoms with Crippen molar-refractivity contribution in [2.75, 3.05) is 26.2 Å². The summed E-state index contributed by atoms with van der Waals surface area (Å²) in [6.07, 6.45) is 0.487. The molecule has 2 aliphatic rings. The lowest BCUT2D eigenvalue weighted by Crippen LogP contribution is -2.37. The molecule has 2 amide bonds. The molecule has 1 saturated heterocycles. The molecule has 0 bridgehead atoms. The minimum Gasteiger partial charge on any atom is -0.337 e. The number of sulfone groups is 1. The molecule has 7 nitrogen and oxygen atoms in total. The molecule has 2 heterocycles. The molecule has 0 atom stereocenters. The van der Waals surface area contributed by atoms with Crippen LogP contribution in [0.4, 0.5) is 4.39 Å². The number of fused-ring (bicyclic) bond motifs is 2. The Morgan fingerprint density at radius 2 is 1.37 bits per heavy atom. The zero-order valence-corrected chi connectivity index (χ0v) is 19.4. The van der Waals surface area contributed by atoms with Crippen molar-refractivity contribution in [3.8, 4) is 0 Å². The molecule has 9 heteroatoms. The quantitative estimate of drug-likeness (QED) is 0.429. The average molecular weight is 493 g/mol. The molecule has 0 radical (unpaired) electrons. The summed E-state index contributed by atoms with van der Waals surface area (Å²) < 4.78 is 40.4. The number of carbonyl (C=O) groups excluding carboxylic acids is 3. The van der Waals surface area contributed by atoms with Crippen molar-refractivity contribution in [1.29, 1.82) is 0 Å². The standard InChI is InChI=1S/C26H21FN2O5S/c27-21-8-3-1-6-18(21)26(32)29-13-5-12-28(14-15-29)25(31)17-10-11-20-23(16-17)35(33,34)22-9-4-2-7-19(22)24(20)30/h1-4,6-11,16H,5,12-15H2. The largest absolute Gasteiger partial charge is 0.337 e. The number of nitrogens with zero attached hydrogens (tertiary/aromatic N) is 2. The zero-order valence-electron chi connectivity index (χ0n) is 18.6. The highest BCUT2D eigenvalue weighted by Gasteiger charge is 2.35. The number of hydrogen-bond acceptors (Lipinski definition) is 5. The van der Waals surface area contributed by atoms with Crippen molar-refractivity contribution in [3.63, 3.8) is 0 Å². The lowest BCUT2D eigenvalue weighted by molar-refractivity contribution is 0.0716. The van der Waals surface area contributed by atoms with Gasteiger partial charge in [-0.2, -0.15) is 0 Å². The van der Waals surface area contributed by atoms with Gasteiger partial charge in [0, 0.05) is 42.9 Å². The highest BCUT2D eigenvalue weighted by Crippen LogP contribution is 2.35. The molecule has 0 saturated carbocycles. The maximum absolute atomic E-state index is 14.1. The fourth-order valence-corrected chi connectivity index (χ4v) is 6.21. The second kappa shape index (κ2) is 8.74. The first-order chi connectivity index (χ1) is 16.8. The van der Waals surface area contributed by atoms with Gasteiger partial charge in [0.25, 0.3) is 11.8 Å². The third-order valence-corrected chi connectivity index (χ3v) is 8.21. The molecule has 3 aromatic rings. The first-order valence-electron chi connectivity index (χ1n) is 11.1. The van der Waals surface area contributed by atoms with Gasteiger partial charge in [0.1, 0.15) is 5.82 Å². The Hall–Kier alpha value is -3.85. The van der Waals surface area contributed by atoms with Crippen LogP contribution in [0.15, 0.2) is 76.5 Å². The van der Waals surface area contributed by atoms with E-state index in [-0.39, 0.29) is 45.1 Å². The lowest BCUT2D eigenvalue weighted by Gasteiger charge is -2.23. The number of rotatable bonds is 2. The summed E-state index contributed by atoms with van der Waals surface area (Å²) in [5.74, 6) is -1.83. The molecular weight excluding hydrogens is 471 g/mol. The predicted molar refractivity (Wildman–Crippen MR) is 125 cm³/mol. The monoisotopic (exact) mass is 492 g/mol. The van der Waals surface area contributed by atoms with Gasteiger partial charge in [-0.1, -0.05) is 24.3 Å². The van der Waals surface area contributed by atoms with E-state index < -0.39 is 33.3 Å². The van der Waals surface area contributed by atoms with Crippen molar-refractivity contribution in [2.45, 2.75) is 16.2 Å². The SMILES string of the molecule is O=C1c2ccccc2S(=O)(=O)c2cc(C(=O)N3CCCN(C(=O)c4ccccc4F)CC3)ccc21. The molecule has 0 spiro atoms. The Bertz CT molecular complexity index is 1480. The van der Waals surface area contributed by atoms with E-state index in [1.165, 1.54) is 53.4 Å². The van der Waals surface area contributed by atoms with E-state index in [9.17, 15) is 27.2 Å². The third kappa shape index (κ3) is 3.91. The maximum Gasteiger partial charge on any atom is 0.256 e. The van der Waals surface area contributed by atoms with Gasteiger partial charge in [0.2, 0.25) is 9.84 Å². The highest BCUT2D eigenvalue weighted by atomic mass is 32.2. The number of hydrogen-bond donors (Lipinski definition) is 0. The van der Waals surface area contributed by atoms with Gasteiger partial charge in [-0.25, -0.2) is 12.8 Å². The van der Waals surface area contributed by atoms with E-state index in [2.05, 4.69) is 0 Å². The topological polar surface area (TPSA) is 91.8 Å².